The van der Waals surface area contributed by atoms with Crippen molar-refractivity contribution in [3.05, 3.63) is 73.3 Å². The molecular weight excluding hydrogens is 326 g/mol. The Hall–Kier alpha value is -3.29. The molecule has 0 saturated heterocycles. The predicted molar refractivity (Wildman–Crippen MR) is 92.9 cm³/mol. The minimum Gasteiger partial charge on any atom is -0.321 e. The van der Waals surface area contributed by atoms with Crippen LogP contribution >= 0.6 is 0 Å². The third-order valence-corrected chi connectivity index (χ3v) is 3.82. The maximum atomic E-state index is 12.5. The van der Waals surface area contributed by atoms with Crippen molar-refractivity contribution in [2.45, 2.75) is 26.7 Å². The van der Waals surface area contributed by atoms with Crippen LogP contribution in [0, 0.1) is 20.2 Å². The van der Waals surface area contributed by atoms with Crippen molar-refractivity contribution in [3.63, 3.8) is 0 Å². The molecule has 0 heterocycles. The van der Waals surface area contributed by atoms with Gasteiger partial charge in [-0.3, -0.25) is 25.0 Å². The van der Waals surface area contributed by atoms with Crippen molar-refractivity contribution in [1.82, 2.24) is 0 Å². The third kappa shape index (κ3) is 3.97. The van der Waals surface area contributed by atoms with Gasteiger partial charge in [-0.05, 0) is 24.0 Å². The lowest BCUT2D eigenvalue weighted by atomic mass is 10.0. The number of carbonyl (C=O) groups is 1. The molecule has 2 aromatic carbocycles. The summed E-state index contributed by atoms with van der Waals surface area (Å²) in [7, 11) is 0. The third-order valence-electron chi connectivity index (χ3n) is 3.82. The number of hydrogen-bond acceptors (Lipinski definition) is 5. The van der Waals surface area contributed by atoms with Crippen LogP contribution in [0.3, 0.4) is 0 Å². The van der Waals surface area contributed by atoms with Crippen molar-refractivity contribution in [3.8, 4) is 0 Å². The number of benzene rings is 2. The summed E-state index contributed by atoms with van der Waals surface area (Å²) in [6.45, 7) is 3.89. The first kappa shape index (κ1) is 18.1. The summed E-state index contributed by atoms with van der Waals surface area (Å²) in [4.78, 5) is 32.9. The summed E-state index contributed by atoms with van der Waals surface area (Å²) in [5.74, 6) is -0.623. The maximum Gasteiger partial charge on any atom is 0.277 e. The molecule has 8 nitrogen and oxygen atoms in total. The second kappa shape index (κ2) is 7.52. The highest BCUT2D eigenvalue weighted by Gasteiger charge is 2.21. The maximum absolute atomic E-state index is 12.5. The number of nitro groups is 2. The van der Waals surface area contributed by atoms with Crippen molar-refractivity contribution in [2.75, 3.05) is 5.32 Å². The van der Waals surface area contributed by atoms with E-state index in [9.17, 15) is 25.0 Å². The van der Waals surface area contributed by atoms with E-state index in [1.165, 1.54) is 0 Å². The van der Waals surface area contributed by atoms with Crippen LogP contribution < -0.4 is 5.32 Å². The van der Waals surface area contributed by atoms with E-state index in [0.717, 1.165) is 29.3 Å². The molecule has 0 aliphatic carbocycles. The number of carbonyl (C=O) groups excluding carboxylic acids is 1. The Balaban J connectivity index is 2.45. The fourth-order valence-corrected chi connectivity index (χ4v) is 2.53. The Morgan fingerprint density at radius 1 is 0.960 bits per heavy atom. The van der Waals surface area contributed by atoms with Gasteiger partial charge in [-0.2, -0.15) is 0 Å². The molecule has 0 aliphatic rings. The second-order valence-electron chi connectivity index (χ2n) is 5.36. The number of rotatable bonds is 6. The number of hydrogen-bond donors (Lipinski definition) is 1. The van der Waals surface area contributed by atoms with E-state index in [-0.39, 0.29) is 5.56 Å². The van der Waals surface area contributed by atoms with Gasteiger partial charge >= 0.3 is 0 Å². The number of anilines is 1. The number of nitrogens with zero attached hydrogens (tertiary/aromatic N) is 2. The number of nitro benzene ring substituents is 2. The van der Waals surface area contributed by atoms with Crippen molar-refractivity contribution in [2.24, 2.45) is 0 Å². The molecule has 0 saturated carbocycles. The summed E-state index contributed by atoms with van der Waals surface area (Å²) in [6, 6.07) is 8.54. The molecule has 0 aliphatic heterocycles. The smallest absolute Gasteiger partial charge is 0.277 e. The van der Waals surface area contributed by atoms with Gasteiger partial charge in [0.1, 0.15) is 0 Å². The topological polar surface area (TPSA) is 115 Å². The molecule has 0 aromatic heterocycles. The van der Waals surface area contributed by atoms with E-state index in [1.807, 2.05) is 32.0 Å². The van der Waals surface area contributed by atoms with Gasteiger partial charge in [0.05, 0.1) is 21.5 Å². The van der Waals surface area contributed by atoms with Gasteiger partial charge in [0.15, 0.2) is 0 Å². The lowest BCUT2D eigenvalue weighted by Gasteiger charge is -2.14. The molecule has 2 aromatic rings. The molecule has 0 radical (unpaired) electrons. The molecule has 2 rings (SSSR count). The number of amides is 1. The Morgan fingerprint density at radius 3 is 1.84 bits per heavy atom. The zero-order chi connectivity index (χ0) is 18.6. The summed E-state index contributed by atoms with van der Waals surface area (Å²) < 4.78 is 0. The molecule has 0 unspecified atom stereocenters. The monoisotopic (exact) mass is 343 g/mol. The quantitative estimate of drug-likeness (QED) is 0.631. The van der Waals surface area contributed by atoms with Crippen LogP contribution in [0.15, 0.2) is 36.4 Å². The average Bonchev–Trinajstić information content (AvgIpc) is 2.61. The van der Waals surface area contributed by atoms with Crippen LogP contribution in [0.4, 0.5) is 17.1 Å². The van der Waals surface area contributed by atoms with E-state index in [1.54, 1.807) is 0 Å². The van der Waals surface area contributed by atoms with Crippen molar-refractivity contribution in [1.29, 1.82) is 0 Å². The number of para-hydroxylation sites is 1. The first-order valence-electron chi connectivity index (χ1n) is 7.73. The minimum absolute atomic E-state index is 0.131. The fourth-order valence-electron chi connectivity index (χ4n) is 2.53. The molecule has 0 bridgehead atoms. The first-order valence-corrected chi connectivity index (χ1v) is 7.73. The van der Waals surface area contributed by atoms with E-state index in [4.69, 9.17) is 0 Å². The average molecular weight is 343 g/mol. The van der Waals surface area contributed by atoms with Crippen LogP contribution in [0.5, 0.6) is 0 Å². The molecule has 0 fully saturated rings. The standard InChI is InChI=1S/C17H17N3O5/c1-3-11-6-5-7-12(4-2)16(11)18-17(21)13-8-14(19(22)23)10-15(9-13)20(24)25/h5-10H,3-4H2,1-2H3,(H,18,21). The van der Waals surface area contributed by atoms with Crippen LogP contribution in [0.1, 0.15) is 35.3 Å². The van der Waals surface area contributed by atoms with Crippen LogP contribution in [-0.2, 0) is 12.8 Å². The van der Waals surface area contributed by atoms with Gasteiger partial charge in [0.25, 0.3) is 17.3 Å². The zero-order valence-corrected chi connectivity index (χ0v) is 13.8. The molecule has 1 amide bonds. The molecule has 0 spiro atoms. The SMILES string of the molecule is CCc1cccc(CC)c1NC(=O)c1cc([N+](=O)[O-])cc([N+](=O)[O-])c1. The lowest BCUT2D eigenvalue weighted by molar-refractivity contribution is -0.394. The minimum atomic E-state index is -0.763. The van der Waals surface area contributed by atoms with Gasteiger partial charge < -0.3 is 5.32 Å². The molecule has 0 atom stereocenters. The highest BCUT2D eigenvalue weighted by atomic mass is 16.6. The second-order valence-corrected chi connectivity index (χ2v) is 5.36. The van der Waals surface area contributed by atoms with E-state index in [0.29, 0.717) is 18.5 Å². The van der Waals surface area contributed by atoms with Gasteiger partial charge in [0.2, 0.25) is 0 Å². The highest BCUT2D eigenvalue weighted by molar-refractivity contribution is 6.06. The number of nitrogens with one attached hydrogen (secondary N) is 1. The molecule has 130 valence electrons. The lowest BCUT2D eigenvalue weighted by Crippen LogP contribution is -2.15. The van der Waals surface area contributed by atoms with Crippen molar-refractivity contribution < 1.29 is 14.6 Å². The van der Waals surface area contributed by atoms with Crippen LogP contribution in [0.25, 0.3) is 0 Å². The van der Waals surface area contributed by atoms with Gasteiger partial charge in [-0.15, -0.1) is 0 Å². The molecule has 8 heteroatoms. The number of non-ortho nitro benzene ring substituents is 2. The normalized spacial score (nSPS) is 10.3. The fraction of sp³-hybridized carbons (Fsp3) is 0.235. The van der Waals surface area contributed by atoms with Crippen LogP contribution in [0.2, 0.25) is 0 Å². The molecule has 1 N–H and O–H groups in total. The van der Waals surface area contributed by atoms with E-state index in [2.05, 4.69) is 5.32 Å². The Morgan fingerprint density at radius 2 is 1.44 bits per heavy atom. The van der Waals surface area contributed by atoms with Crippen LogP contribution in [-0.4, -0.2) is 15.8 Å². The Kier molecular flexibility index (Phi) is 5.43. The Bertz CT molecular complexity index is 794. The summed E-state index contributed by atoms with van der Waals surface area (Å²) >= 11 is 0. The Labute approximate surface area is 143 Å². The number of aryl methyl sites for hydroxylation is 2. The van der Waals surface area contributed by atoms with E-state index < -0.39 is 27.1 Å². The first-order chi connectivity index (χ1) is 11.9. The van der Waals surface area contributed by atoms with Gasteiger partial charge in [0, 0.05) is 17.8 Å². The molecule has 25 heavy (non-hydrogen) atoms. The largest absolute Gasteiger partial charge is 0.321 e. The summed E-state index contributed by atoms with van der Waals surface area (Å²) in [5, 5.41) is 24.7. The highest BCUT2D eigenvalue weighted by Crippen LogP contribution is 2.26. The van der Waals surface area contributed by atoms with Crippen molar-refractivity contribution >= 4 is 23.0 Å². The summed E-state index contributed by atoms with van der Waals surface area (Å²) in [6.07, 6.45) is 1.39. The summed E-state index contributed by atoms with van der Waals surface area (Å²) in [5.41, 5.74) is 1.36. The van der Waals surface area contributed by atoms with Gasteiger partial charge in [-0.1, -0.05) is 32.0 Å². The van der Waals surface area contributed by atoms with E-state index >= 15 is 0 Å². The van der Waals surface area contributed by atoms with Gasteiger partial charge in [-0.25, -0.2) is 0 Å². The zero-order valence-electron chi connectivity index (χ0n) is 13.8. The predicted octanol–water partition coefficient (Wildman–Crippen LogP) is 3.88. The molecular formula is C17H17N3O5.